The van der Waals surface area contributed by atoms with Gasteiger partial charge in [0.05, 0.1) is 6.04 Å². The first-order chi connectivity index (χ1) is 8.56. The zero-order valence-corrected chi connectivity index (χ0v) is 12.3. The molecule has 0 aromatic carbocycles. The summed E-state index contributed by atoms with van der Waals surface area (Å²) in [5, 5.41) is 5.21. The summed E-state index contributed by atoms with van der Waals surface area (Å²) >= 11 is 1.70. The first-order valence-corrected chi connectivity index (χ1v) is 7.48. The highest BCUT2D eigenvalue weighted by atomic mass is 32.1. The van der Waals surface area contributed by atoms with Crippen molar-refractivity contribution in [2.45, 2.75) is 39.7 Å². The molecule has 102 valence electrons. The standard InChI is InChI=1S/C14H24N2OS/c1-10(2)13(12-7-5-9-18-12)16-14(17)11(3)6-4-8-15/h5,7,9-11,13H,4,6,8,15H2,1-3H3,(H,16,17). The molecule has 1 rings (SSSR count). The van der Waals surface area contributed by atoms with Gasteiger partial charge in [-0.2, -0.15) is 0 Å². The minimum atomic E-state index is 0.0368. The second kappa shape index (κ2) is 7.54. The van der Waals surface area contributed by atoms with Gasteiger partial charge in [0.25, 0.3) is 0 Å². The first-order valence-electron chi connectivity index (χ1n) is 6.60. The lowest BCUT2D eigenvalue weighted by Crippen LogP contribution is -2.35. The van der Waals surface area contributed by atoms with Crippen molar-refractivity contribution in [1.29, 1.82) is 0 Å². The maximum absolute atomic E-state index is 12.1. The molecule has 0 aliphatic rings. The number of nitrogens with one attached hydrogen (secondary N) is 1. The van der Waals surface area contributed by atoms with E-state index >= 15 is 0 Å². The second-order valence-corrected chi connectivity index (χ2v) is 6.06. The van der Waals surface area contributed by atoms with E-state index in [0.717, 1.165) is 12.8 Å². The van der Waals surface area contributed by atoms with Gasteiger partial charge in [-0.3, -0.25) is 4.79 Å². The van der Waals surface area contributed by atoms with Crippen LogP contribution in [0.2, 0.25) is 0 Å². The van der Waals surface area contributed by atoms with Crippen LogP contribution in [0.25, 0.3) is 0 Å². The van der Waals surface area contributed by atoms with Crippen LogP contribution in [0, 0.1) is 11.8 Å². The van der Waals surface area contributed by atoms with Gasteiger partial charge in [0.2, 0.25) is 5.91 Å². The molecule has 0 aliphatic heterocycles. The maximum Gasteiger partial charge on any atom is 0.223 e. The van der Waals surface area contributed by atoms with E-state index in [9.17, 15) is 4.79 Å². The molecule has 1 aromatic rings. The topological polar surface area (TPSA) is 55.1 Å². The van der Waals surface area contributed by atoms with Gasteiger partial charge >= 0.3 is 0 Å². The Morgan fingerprint density at radius 2 is 2.17 bits per heavy atom. The van der Waals surface area contributed by atoms with Crippen LogP contribution in [0.3, 0.4) is 0 Å². The largest absolute Gasteiger partial charge is 0.348 e. The summed E-state index contributed by atoms with van der Waals surface area (Å²) in [6, 6.07) is 4.23. The zero-order valence-electron chi connectivity index (χ0n) is 11.5. The number of rotatable bonds is 7. The lowest BCUT2D eigenvalue weighted by atomic mass is 9.99. The monoisotopic (exact) mass is 268 g/mol. The van der Waals surface area contributed by atoms with Gasteiger partial charge < -0.3 is 11.1 Å². The van der Waals surface area contributed by atoms with Crippen molar-refractivity contribution in [3.8, 4) is 0 Å². The van der Waals surface area contributed by atoms with E-state index in [-0.39, 0.29) is 17.9 Å². The van der Waals surface area contributed by atoms with Crippen LogP contribution in [-0.4, -0.2) is 12.5 Å². The number of hydrogen-bond acceptors (Lipinski definition) is 3. The fourth-order valence-electron chi connectivity index (χ4n) is 1.89. The predicted molar refractivity (Wildman–Crippen MR) is 77.5 cm³/mol. The molecule has 0 aliphatic carbocycles. The van der Waals surface area contributed by atoms with E-state index < -0.39 is 0 Å². The van der Waals surface area contributed by atoms with E-state index in [2.05, 4.69) is 30.6 Å². The number of carbonyl (C=O) groups is 1. The lowest BCUT2D eigenvalue weighted by molar-refractivity contribution is -0.125. The van der Waals surface area contributed by atoms with Crippen LogP contribution in [-0.2, 0) is 4.79 Å². The van der Waals surface area contributed by atoms with Crippen LogP contribution < -0.4 is 11.1 Å². The van der Waals surface area contributed by atoms with E-state index in [1.807, 2.05) is 13.0 Å². The molecule has 2 unspecified atom stereocenters. The van der Waals surface area contributed by atoms with E-state index in [4.69, 9.17) is 5.73 Å². The van der Waals surface area contributed by atoms with Gasteiger partial charge in [0.15, 0.2) is 0 Å². The number of nitrogens with two attached hydrogens (primary N) is 1. The molecule has 2 atom stereocenters. The molecular weight excluding hydrogens is 244 g/mol. The number of thiophene rings is 1. The van der Waals surface area contributed by atoms with E-state index in [0.29, 0.717) is 12.5 Å². The number of hydrogen-bond donors (Lipinski definition) is 2. The minimum Gasteiger partial charge on any atom is -0.348 e. The normalized spacial score (nSPS) is 14.5. The summed E-state index contributed by atoms with van der Waals surface area (Å²) < 4.78 is 0. The fraction of sp³-hybridized carbons (Fsp3) is 0.643. The summed E-state index contributed by atoms with van der Waals surface area (Å²) in [5.41, 5.74) is 5.47. The molecule has 3 N–H and O–H groups in total. The van der Waals surface area contributed by atoms with Crippen molar-refractivity contribution >= 4 is 17.2 Å². The average Bonchev–Trinajstić information content (AvgIpc) is 2.85. The maximum atomic E-state index is 12.1. The first kappa shape index (κ1) is 15.2. The Labute approximate surface area is 114 Å². The molecule has 0 saturated carbocycles. The molecule has 1 heterocycles. The molecule has 0 spiro atoms. The Balaban J connectivity index is 2.59. The Hall–Kier alpha value is -0.870. The van der Waals surface area contributed by atoms with Gasteiger partial charge in [-0.25, -0.2) is 0 Å². The predicted octanol–water partition coefficient (Wildman–Crippen LogP) is 2.94. The van der Waals surface area contributed by atoms with Crippen LogP contribution >= 0.6 is 11.3 Å². The summed E-state index contributed by atoms with van der Waals surface area (Å²) in [6.45, 7) is 6.89. The summed E-state index contributed by atoms with van der Waals surface area (Å²) in [4.78, 5) is 13.3. The molecule has 0 bridgehead atoms. The van der Waals surface area contributed by atoms with Crippen molar-refractivity contribution in [1.82, 2.24) is 5.32 Å². The van der Waals surface area contributed by atoms with Crippen molar-refractivity contribution in [2.24, 2.45) is 17.6 Å². The van der Waals surface area contributed by atoms with Gasteiger partial charge in [-0.05, 0) is 36.8 Å². The van der Waals surface area contributed by atoms with Crippen molar-refractivity contribution in [3.63, 3.8) is 0 Å². The van der Waals surface area contributed by atoms with Crippen LogP contribution in [0.1, 0.15) is 44.5 Å². The third-order valence-corrected chi connectivity index (χ3v) is 4.06. The highest BCUT2D eigenvalue weighted by Crippen LogP contribution is 2.26. The van der Waals surface area contributed by atoms with Crippen molar-refractivity contribution in [3.05, 3.63) is 22.4 Å². The van der Waals surface area contributed by atoms with Gasteiger partial charge in [-0.1, -0.05) is 26.8 Å². The van der Waals surface area contributed by atoms with Crippen LogP contribution in [0.15, 0.2) is 17.5 Å². The third kappa shape index (κ3) is 4.42. The second-order valence-electron chi connectivity index (χ2n) is 5.08. The molecule has 1 aromatic heterocycles. The average molecular weight is 268 g/mol. The molecular formula is C14H24N2OS. The van der Waals surface area contributed by atoms with Crippen molar-refractivity contribution in [2.75, 3.05) is 6.54 Å². The summed E-state index contributed by atoms with van der Waals surface area (Å²) in [6.07, 6.45) is 1.76. The Morgan fingerprint density at radius 1 is 1.44 bits per heavy atom. The molecule has 0 fully saturated rings. The lowest BCUT2D eigenvalue weighted by Gasteiger charge is -2.23. The molecule has 18 heavy (non-hydrogen) atoms. The van der Waals surface area contributed by atoms with Gasteiger partial charge in [-0.15, -0.1) is 11.3 Å². The van der Waals surface area contributed by atoms with E-state index in [1.165, 1.54) is 4.88 Å². The SMILES string of the molecule is CC(CCCN)C(=O)NC(c1cccs1)C(C)C. The van der Waals surface area contributed by atoms with Crippen molar-refractivity contribution < 1.29 is 4.79 Å². The quantitative estimate of drug-likeness (QED) is 0.799. The smallest absolute Gasteiger partial charge is 0.223 e. The fourth-order valence-corrected chi connectivity index (χ4v) is 2.83. The summed E-state index contributed by atoms with van der Waals surface area (Å²) in [7, 11) is 0. The van der Waals surface area contributed by atoms with Gasteiger partial charge in [0.1, 0.15) is 0 Å². The molecule has 0 radical (unpaired) electrons. The summed E-state index contributed by atoms with van der Waals surface area (Å²) in [5.74, 6) is 0.569. The minimum absolute atomic E-state index is 0.0368. The molecule has 4 heteroatoms. The van der Waals surface area contributed by atoms with Gasteiger partial charge in [0, 0.05) is 10.8 Å². The van der Waals surface area contributed by atoms with E-state index in [1.54, 1.807) is 11.3 Å². The zero-order chi connectivity index (χ0) is 13.5. The molecule has 0 saturated heterocycles. The Morgan fingerprint density at radius 3 is 2.67 bits per heavy atom. The highest BCUT2D eigenvalue weighted by molar-refractivity contribution is 7.10. The molecule has 1 amide bonds. The van der Waals surface area contributed by atoms with Crippen LogP contribution in [0.4, 0.5) is 0 Å². The Bertz CT molecular complexity index is 349. The number of carbonyl (C=O) groups excluding carboxylic acids is 1. The number of amides is 1. The Kier molecular flexibility index (Phi) is 6.36. The highest BCUT2D eigenvalue weighted by Gasteiger charge is 2.21. The third-order valence-electron chi connectivity index (χ3n) is 3.10. The van der Waals surface area contributed by atoms with Crippen LogP contribution in [0.5, 0.6) is 0 Å². The molecule has 3 nitrogen and oxygen atoms in total.